The number of hydrogen-bond donors (Lipinski definition) is 3. The second kappa shape index (κ2) is 12.3. The third kappa shape index (κ3) is 8.14. The zero-order valence-electron chi connectivity index (χ0n) is 18.9. The van der Waals surface area contributed by atoms with Crippen LogP contribution in [0, 0.1) is 11.3 Å². The van der Waals surface area contributed by atoms with Crippen LogP contribution in [-0.4, -0.2) is 47.5 Å². The molecular formula is C23H37N3O4. The van der Waals surface area contributed by atoms with Crippen LogP contribution in [0.2, 0.25) is 0 Å². The first kappa shape index (κ1) is 25.6. The van der Waals surface area contributed by atoms with Crippen LogP contribution < -0.4 is 10.6 Å². The summed E-state index contributed by atoms with van der Waals surface area (Å²) in [6, 6.07) is 6.53. The fraction of sp³-hybridized carbons (Fsp3) is 0.609. The third-order valence-corrected chi connectivity index (χ3v) is 4.97. The fourth-order valence-electron chi connectivity index (χ4n) is 3.15. The number of hydroxylamine groups is 2. The second-order valence-electron chi connectivity index (χ2n) is 8.74. The highest BCUT2D eigenvalue weighted by atomic mass is 16.5. The van der Waals surface area contributed by atoms with Gasteiger partial charge in [-0.25, -0.2) is 5.06 Å². The van der Waals surface area contributed by atoms with Crippen molar-refractivity contribution in [2.24, 2.45) is 11.3 Å². The number of rotatable bonds is 13. The van der Waals surface area contributed by atoms with E-state index in [9.17, 15) is 19.6 Å². The molecule has 7 nitrogen and oxygen atoms in total. The molecule has 0 bridgehead atoms. The predicted octanol–water partition coefficient (Wildman–Crippen LogP) is 3.88. The van der Waals surface area contributed by atoms with Gasteiger partial charge in [0, 0.05) is 17.8 Å². The summed E-state index contributed by atoms with van der Waals surface area (Å²) in [5.41, 5.74) is 0.963. The molecule has 0 saturated heterocycles. The van der Waals surface area contributed by atoms with Crippen molar-refractivity contribution < 1.29 is 19.6 Å². The lowest BCUT2D eigenvalue weighted by molar-refractivity contribution is -0.154. The maximum Gasteiger partial charge on any atom is 0.233 e. The Balaban J connectivity index is 3.00. The van der Waals surface area contributed by atoms with Crippen molar-refractivity contribution in [1.29, 1.82) is 0 Å². The molecule has 168 valence electrons. The minimum absolute atomic E-state index is 0.0990. The lowest BCUT2D eigenvalue weighted by atomic mass is 9.81. The summed E-state index contributed by atoms with van der Waals surface area (Å²) in [4.78, 5) is 36.9. The first-order chi connectivity index (χ1) is 14.1. The van der Waals surface area contributed by atoms with Gasteiger partial charge in [0.1, 0.15) is 0 Å². The molecule has 0 aromatic heterocycles. The number of carbonyl (C=O) groups is 3. The fourth-order valence-corrected chi connectivity index (χ4v) is 3.15. The van der Waals surface area contributed by atoms with E-state index in [1.807, 2.05) is 39.8 Å². The van der Waals surface area contributed by atoms with Crippen LogP contribution >= 0.6 is 0 Å². The van der Waals surface area contributed by atoms with Gasteiger partial charge in [-0.05, 0) is 42.5 Å². The average Bonchev–Trinajstić information content (AvgIpc) is 2.72. The standard InChI is InChI=1S/C23H37N3O4/c1-6-8-9-18(15-26(30)16-27)22(29)25-21(23(3,4)5)20(28)17-10-12-19(13-11-17)24-14-7-2/h10-13,16,18,21,24,30H,6-9,14-15H2,1-5H3,(H,25,29)/t18-,21-/m1/s1. The van der Waals surface area contributed by atoms with Crippen molar-refractivity contribution >= 4 is 23.8 Å². The molecule has 0 spiro atoms. The van der Waals surface area contributed by atoms with Crippen LogP contribution in [0.25, 0.3) is 0 Å². The van der Waals surface area contributed by atoms with E-state index < -0.39 is 17.4 Å². The molecule has 0 aliphatic carbocycles. The van der Waals surface area contributed by atoms with E-state index in [1.54, 1.807) is 12.1 Å². The van der Waals surface area contributed by atoms with Crippen LogP contribution in [0.15, 0.2) is 24.3 Å². The van der Waals surface area contributed by atoms with Crippen molar-refractivity contribution in [2.45, 2.75) is 66.3 Å². The normalized spacial score (nSPS) is 13.3. The van der Waals surface area contributed by atoms with Gasteiger partial charge >= 0.3 is 0 Å². The van der Waals surface area contributed by atoms with Gasteiger partial charge in [0.2, 0.25) is 12.3 Å². The molecule has 30 heavy (non-hydrogen) atoms. The van der Waals surface area contributed by atoms with Crippen molar-refractivity contribution in [2.75, 3.05) is 18.4 Å². The molecule has 1 rings (SSSR count). The molecule has 1 aromatic rings. The number of nitrogens with one attached hydrogen (secondary N) is 2. The number of Topliss-reactive ketones (excluding diaryl/α,β-unsaturated/α-hetero) is 1. The van der Waals surface area contributed by atoms with E-state index in [0.717, 1.165) is 31.5 Å². The molecule has 0 heterocycles. The molecule has 0 fully saturated rings. The highest BCUT2D eigenvalue weighted by Crippen LogP contribution is 2.24. The molecule has 0 aliphatic heterocycles. The topological polar surface area (TPSA) is 98.7 Å². The van der Waals surface area contributed by atoms with Gasteiger partial charge in [0.15, 0.2) is 5.78 Å². The molecular weight excluding hydrogens is 382 g/mol. The zero-order valence-corrected chi connectivity index (χ0v) is 18.9. The summed E-state index contributed by atoms with van der Waals surface area (Å²) in [6.45, 7) is 10.5. The van der Waals surface area contributed by atoms with Gasteiger partial charge in [-0.3, -0.25) is 19.6 Å². The Hall–Kier alpha value is -2.41. The molecule has 2 amide bonds. The predicted molar refractivity (Wildman–Crippen MR) is 119 cm³/mol. The van der Waals surface area contributed by atoms with Crippen molar-refractivity contribution in [3.63, 3.8) is 0 Å². The van der Waals surface area contributed by atoms with Gasteiger partial charge < -0.3 is 10.6 Å². The summed E-state index contributed by atoms with van der Waals surface area (Å²) in [5, 5.41) is 16.2. The molecule has 0 aliphatic rings. The smallest absolute Gasteiger partial charge is 0.233 e. The second-order valence-corrected chi connectivity index (χ2v) is 8.74. The molecule has 0 saturated carbocycles. The third-order valence-electron chi connectivity index (χ3n) is 4.97. The highest BCUT2D eigenvalue weighted by Gasteiger charge is 2.35. The van der Waals surface area contributed by atoms with Gasteiger partial charge in [-0.2, -0.15) is 0 Å². The highest BCUT2D eigenvalue weighted by molar-refractivity contribution is 6.02. The van der Waals surface area contributed by atoms with E-state index in [-0.39, 0.29) is 24.6 Å². The number of unbranched alkanes of at least 4 members (excludes halogenated alkanes) is 1. The average molecular weight is 420 g/mol. The van der Waals surface area contributed by atoms with Crippen LogP contribution in [0.4, 0.5) is 5.69 Å². The molecule has 3 N–H and O–H groups in total. The molecule has 7 heteroatoms. The molecule has 0 unspecified atom stereocenters. The molecule has 0 radical (unpaired) electrons. The van der Waals surface area contributed by atoms with E-state index in [2.05, 4.69) is 17.6 Å². The number of anilines is 1. The molecule has 2 atom stereocenters. The number of carbonyl (C=O) groups excluding carboxylic acids is 3. The number of ketones is 1. The van der Waals surface area contributed by atoms with Crippen LogP contribution in [0.1, 0.15) is 70.7 Å². The van der Waals surface area contributed by atoms with Crippen molar-refractivity contribution in [3.05, 3.63) is 29.8 Å². The number of amides is 2. The van der Waals surface area contributed by atoms with Gasteiger partial charge in [-0.15, -0.1) is 0 Å². The van der Waals surface area contributed by atoms with Gasteiger partial charge in [0.25, 0.3) is 0 Å². The van der Waals surface area contributed by atoms with Crippen LogP contribution in [0.5, 0.6) is 0 Å². The van der Waals surface area contributed by atoms with Crippen LogP contribution in [0.3, 0.4) is 0 Å². The first-order valence-corrected chi connectivity index (χ1v) is 10.7. The zero-order chi connectivity index (χ0) is 22.7. The SMILES string of the molecule is CCCC[C@H](CN(O)C=O)C(=O)N[C@H](C(=O)c1ccc(NCCC)cc1)C(C)(C)C. The Morgan fingerprint density at radius 2 is 1.77 bits per heavy atom. The summed E-state index contributed by atoms with van der Waals surface area (Å²) >= 11 is 0. The Morgan fingerprint density at radius 3 is 2.27 bits per heavy atom. The Kier molecular flexibility index (Phi) is 10.5. The van der Waals surface area contributed by atoms with E-state index in [0.29, 0.717) is 17.0 Å². The summed E-state index contributed by atoms with van der Waals surface area (Å²) in [5.74, 6) is -1.08. The summed E-state index contributed by atoms with van der Waals surface area (Å²) in [6.07, 6.45) is 3.48. The van der Waals surface area contributed by atoms with Crippen molar-refractivity contribution in [1.82, 2.24) is 10.4 Å². The Bertz CT molecular complexity index is 683. The Morgan fingerprint density at radius 1 is 1.13 bits per heavy atom. The van der Waals surface area contributed by atoms with Gasteiger partial charge in [0.05, 0.1) is 18.5 Å². The van der Waals surface area contributed by atoms with E-state index in [1.165, 1.54) is 0 Å². The number of benzene rings is 1. The van der Waals surface area contributed by atoms with E-state index >= 15 is 0 Å². The van der Waals surface area contributed by atoms with Crippen LogP contribution in [-0.2, 0) is 9.59 Å². The maximum absolute atomic E-state index is 13.2. The van der Waals surface area contributed by atoms with E-state index in [4.69, 9.17) is 0 Å². The quantitative estimate of drug-likeness (QED) is 0.195. The number of hydrogen-bond acceptors (Lipinski definition) is 5. The largest absolute Gasteiger partial charge is 0.385 e. The lowest BCUT2D eigenvalue weighted by Crippen LogP contribution is -2.52. The minimum atomic E-state index is -0.730. The summed E-state index contributed by atoms with van der Waals surface area (Å²) < 4.78 is 0. The number of nitrogens with zero attached hydrogens (tertiary/aromatic N) is 1. The van der Waals surface area contributed by atoms with Gasteiger partial charge in [-0.1, -0.05) is 47.5 Å². The lowest BCUT2D eigenvalue weighted by Gasteiger charge is -2.32. The van der Waals surface area contributed by atoms with Crippen molar-refractivity contribution in [3.8, 4) is 0 Å². The minimum Gasteiger partial charge on any atom is -0.385 e. The Labute approximate surface area is 180 Å². The maximum atomic E-state index is 13.2. The first-order valence-electron chi connectivity index (χ1n) is 10.7. The monoisotopic (exact) mass is 419 g/mol. The summed E-state index contributed by atoms with van der Waals surface area (Å²) in [7, 11) is 0. The molecule has 1 aromatic carbocycles.